The van der Waals surface area contributed by atoms with Crippen LogP contribution >= 0.6 is 0 Å². The zero-order chi connectivity index (χ0) is 28.7. The van der Waals surface area contributed by atoms with Crippen LogP contribution in [0.25, 0.3) is 0 Å². The lowest BCUT2D eigenvalue weighted by atomic mass is 9.85. The molecule has 40 heavy (non-hydrogen) atoms. The first-order chi connectivity index (χ1) is 19.0. The molecule has 0 bridgehead atoms. The molecule has 9 heteroatoms. The van der Waals surface area contributed by atoms with E-state index < -0.39 is 21.7 Å². The molecule has 9 nitrogen and oxygen atoms in total. The van der Waals surface area contributed by atoms with E-state index in [0.717, 1.165) is 22.3 Å². The summed E-state index contributed by atoms with van der Waals surface area (Å²) in [5.41, 5.74) is 4.07. The number of hydrazone groups is 2. The number of hydrogen-bond acceptors (Lipinski definition) is 6. The number of fused-ring (bicyclic) bond motifs is 1. The number of hydrogen-bond donors (Lipinski definition) is 0. The standard InChI is InChI=1S/C31H29N5O4/c1-17-10-12-24(14-19(17)3)34-28(37)30(21(5)32-34)27(23-8-7-9-26(16-23)36(39)40)31(30)22(6)33-35(29(31)38)25-13-11-18(2)20(4)15-25/h7-16,27H,1-6H3/t30-,31-/m0/s1. The molecule has 3 aromatic rings. The van der Waals surface area contributed by atoms with Gasteiger partial charge in [0.15, 0.2) is 0 Å². The molecule has 2 amide bonds. The lowest BCUT2D eigenvalue weighted by Crippen LogP contribution is -2.40. The Hall–Kier alpha value is -4.66. The predicted octanol–water partition coefficient (Wildman–Crippen LogP) is 5.74. The molecule has 3 aromatic carbocycles. The van der Waals surface area contributed by atoms with E-state index in [4.69, 9.17) is 10.2 Å². The molecule has 1 aliphatic carbocycles. The van der Waals surface area contributed by atoms with Gasteiger partial charge in [-0.15, -0.1) is 0 Å². The van der Waals surface area contributed by atoms with E-state index in [1.165, 1.54) is 22.2 Å². The molecule has 6 rings (SSSR count). The highest BCUT2D eigenvalue weighted by Gasteiger charge is 2.91. The number of nitrogens with zero attached hydrogens (tertiary/aromatic N) is 5. The molecule has 0 radical (unpaired) electrons. The molecule has 2 atom stereocenters. The molecule has 3 aliphatic rings. The van der Waals surface area contributed by atoms with Crippen LogP contribution in [0.5, 0.6) is 0 Å². The lowest BCUT2D eigenvalue weighted by Gasteiger charge is -2.19. The summed E-state index contributed by atoms with van der Waals surface area (Å²) < 4.78 is 0. The van der Waals surface area contributed by atoms with Gasteiger partial charge in [0, 0.05) is 18.1 Å². The number of anilines is 2. The fourth-order valence-corrected chi connectivity index (χ4v) is 6.62. The Morgan fingerprint density at radius 1 is 0.700 bits per heavy atom. The fraction of sp³-hybridized carbons (Fsp3) is 0.290. The van der Waals surface area contributed by atoms with E-state index in [1.54, 1.807) is 26.0 Å². The highest BCUT2D eigenvalue weighted by Crippen LogP contribution is 2.79. The second-order valence-corrected chi connectivity index (χ2v) is 11.0. The van der Waals surface area contributed by atoms with Crippen molar-refractivity contribution in [2.75, 3.05) is 10.0 Å². The SMILES string of the molecule is CC1=NN(c2ccc(C)c(C)c2)C(=O)[C@@]12C(c1cccc([N+](=O)[O-])c1)[C@@]21C(=O)N(c2ccc(C)c(C)c2)N=C1C. The number of carbonyl (C=O) groups excluding carboxylic acids is 2. The Labute approximate surface area is 231 Å². The summed E-state index contributed by atoms with van der Waals surface area (Å²) >= 11 is 0. The van der Waals surface area contributed by atoms with E-state index in [1.807, 2.05) is 64.1 Å². The number of rotatable bonds is 4. The summed E-state index contributed by atoms with van der Waals surface area (Å²) in [5, 5.41) is 23.9. The van der Waals surface area contributed by atoms with Crippen LogP contribution in [0.3, 0.4) is 0 Å². The van der Waals surface area contributed by atoms with Gasteiger partial charge >= 0.3 is 0 Å². The van der Waals surface area contributed by atoms with Crippen molar-refractivity contribution in [2.45, 2.75) is 47.5 Å². The topological polar surface area (TPSA) is 108 Å². The van der Waals surface area contributed by atoms with Gasteiger partial charge in [-0.05, 0) is 93.6 Å². The molecule has 0 aromatic heterocycles. The van der Waals surface area contributed by atoms with Crippen molar-refractivity contribution in [1.82, 2.24) is 0 Å². The van der Waals surface area contributed by atoms with Gasteiger partial charge in [0.2, 0.25) is 0 Å². The third-order valence-electron chi connectivity index (χ3n) is 8.99. The average molecular weight is 536 g/mol. The summed E-state index contributed by atoms with van der Waals surface area (Å²) in [6.07, 6.45) is 0. The maximum Gasteiger partial charge on any atom is 0.269 e. The minimum Gasteiger partial charge on any atom is -0.271 e. The summed E-state index contributed by atoms with van der Waals surface area (Å²) in [6, 6.07) is 17.5. The molecule has 202 valence electrons. The van der Waals surface area contributed by atoms with Crippen molar-refractivity contribution in [1.29, 1.82) is 0 Å². The van der Waals surface area contributed by atoms with Crippen LogP contribution < -0.4 is 10.0 Å². The molecule has 1 saturated carbocycles. The van der Waals surface area contributed by atoms with Crippen LogP contribution in [-0.4, -0.2) is 28.2 Å². The van der Waals surface area contributed by atoms with Crippen LogP contribution in [0.2, 0.25) is 0 Å². The molecule has 2 heterocycles. The quantitative estimate of drug-likeness (QED) is 0.313. The smallest absolute Gasteiger partial charge is 0.269 e. The largest absolute Gasteiger partial charge is 0.271 e. The molecule has 0 unspecified atom stereocenters. The first-order valence-corrected chi connectivity index (χ1v) is 13.2. The second kappa shape index (κ2) is 8.42. The Bertz CT molecular complexity index is 1630. The third-order valence-corrected chi connectivity index (χ3v) is 8.99. The van der Waals surface area contributed by atoms with Crippen LogP contribution in [0, 0.1) is 48.6 Å². The first-order valence-electron chi connectivity index (χ1n) is 13.2. The van der Waals surface area contributed by atoms with Gasteiger partial charge in [-0.3, -0.25) is 19.7 Å². The molecule has 2 aliphatic heterocycles. The number of carbonyl (C=O) groups is 2. The normalized spacial score (nSPS) is 25.2. The number of amides is 2. The minimum atomic E-state index is -1.36. The van der Waals surface area contributed by atoms with E-state index in [2.05, 4.69) is 0 Å². The van der Waals surface area contributed by atoms with Gasteiger partial charge in [-0.25, -0.2) is 0 Å². The first kappa shape index (κ1) is 25.6. The zero-order valence-electron chi connectivity index (χ0n) is 23.2. The molecule has 2 spiro atoms. The minimum absolute atomic E-state index is 0.105. The third kappa shape index (κ3) is 3.08. The Morgan fingerprint density at radius 2 is 1.18 bits per heavy atom. The van der Waals surface area contributed by atoms with Crippen molar-refractivity contribution < 1.29 is 14.5 Å². The number of nitro groups is 1. The number of nitro benzene ring substituents is 1. The zero-order valence-corrected chi connectivity index (χ0v) is 23.2. The highest BCUT2D eigenvalue weighted by atomic mass is 16.6. The lowest BCUT2D eigenvalue weighted by molar-refractivity contribution is -0.384. The molecular weight excluding hydrogens is 506 g/mol. The number of non-ortho nitro benzene ring substituents is 1. The second-order valence-electron chi connectivity index (χ2n) is 11.0. The number of benzene rings is 3. The summed E-state index contributed by atoms with van der Waals surface area (Å²) in [6.45, 7) is 11.4. The van der Waals surface area contributed by atoms with Crippen LogP contribution in [-0.2, 0) is 9.59 Å². The summed E-state index contributed by atoms with van der Waals surface area (Å²) in [7, 11) is 0. The molecule has 0 saturated heterocycles. The Kier molecular flexibility index (Phi) is 5.39. The van der Waals surface area contributed by atoms with Crippen molar-refractivity contribution in [3.05, 3.63) is 98.6 Å². The van der Waals surface area contributed by atoms with Crippen molar-refractivity contribution in [3.8, 4) is 0 Å². The average Bonchev–Trinajstić information content (AvgIpc) is 3.41. The maximum absolute atomic E-state index is 14.5. The summed E-state index contributed by atoms with van der Waals surface area (Å²) in [4.78, 5) is 40.3. The van der Waals surface area contributed by atoms with Crippen molar-refractivity contribution in [2.24, 2.45) is 21.0 Å². The highest BCUT2D eigenvalue weighted by molar-refractivity contribution is 6.37. The van der Waals surface area contributed by atoms with E-state index in [-0.39, 0.29) is 17.5 Å². The number of aryl methyl sites for hydroxylation is 4. The van der Waals surface area contributed by atoms with E-state index >= 15 is 0 Å². The maximum atomic E-state index is 14.5. The van der Waals surface area contributed by atoms with Crippen molar-refractivity contribution >= 4 is 40.3 Å². The molecular formula is C31H29N5O4. The van der Waals surface area contributed by atoms with E-state index in [0.29, 0.717) is 28.4 Å². The summed E-state index contributed by atoms with van der Waals surface area (Å²) in [5.74, 6) is -1.38. The molecule has 0 N–H and O–H groups in total. The van der Waals surface area contributed by atoms with Gasteiger partial charge in [0.05, 0.1) is 27.7 Å². The van der Waals surface area contributed by atoms with Crippen molar-refractivity contribution in [3.63, 3.8) is 0 Å². The van der Waals surface area contributed by atoms with Gasteiger partial charge in [0.25, 0.3) is 17.5 Å². The van der Waals surface area contributed by atoms with Gasteiger partial charge < -0.3 is 0 Å². The van der Waals surface area contributed by atoms with Crippen LogP contribution in [0.15, 0.2) is 70.9 Å². The van der Waals surface area contributed by atoms with Gasteiger partial charge in [0.1, 0.15) is 10.8 Å². The van der Waals surface area contributed by atoms with E-state index in [9.17, 15) is 19.7 Å². The van der Waals surface area contributed by atoms with Crippen LogP contribution in [0.4, 0.5) is 17.1 Å². The van der Waals surface area contributed by atoms with Gasteiger partial charge in [-0.2, -0.15) is 20.2 Å². The predicted molar refractivity (Wildman–Crippen MR) is 154 cm³/mol. The fourth-order valence-electron chi connectivity index (χ4n) is 6.62. The van der Waals surface area contributed by atoms with Gasteiger partial charge in [-0.1, -0.05) is 24.3 Å². The van der Waals surface area contributed by atoms with Crippen LogP contribution in [0.1, 0.15) is 47.6 Å². The monoisotopic (exact) mass is 535 g/mol. The Morgan fingerprint density at radius 3 is 1.60 bits per heavy atom. The molecule has 1 fully saturated rings. The Balaban J connectivity index is 1.53.